The zero-order valence-electron chi connectivity index (χ0n) is 17.0. The van der Waals surface area contributed by atoms with Gasteiger partial charge in [0.05, 0.1) is 16.7 Å². The van der Waals surface area contributed by atoms with Crippen LogP contribution in [0.2, 0.25) is 0 Å². The lowest BCUT2D eigenvalue weighted by Gasteiger charge is -2.37. The number of carboxylic acid groups (broad SMARTS) is 1. The fourth-order valence-corrected chi connectivity index (χ4v) is 3.88. The van der Waals surface area contributed by atoms with Gasteiger partial charge in [0.25, 0.3) is 5.89 Å². The number of halogens is 4. The highest BCUT2D eigenvalue weighted by Gasteiger charge is 2.37. The molecule has 1 N–H and O–H groups in total. The predicted molar refractivity (Wildman–Crippen MR) is 108 cm³/mol. The topological polar surface area (TPSA) is 79.5 Å². The van der Waals surface area contributed by atoms with Crippen LogP contribution in [0, 0.1) is 5.82 Å². The van der Waals surface area contributed by atoms with Crippen LogP contribution in [0.1, 0.15) is 42.1 Å². The van der Waals surface area contributed by atoms with Crippen molar-refractivity contribution in [3.63, 3.8) is 0 Å². The third kappa shape index (κ3) is 4.17. The van der Waals surface area contributed by atoms with Crippen molar-refractivity contribution in [2.45, 2.75) is 38.4 Å². The van der Waals surface area contributed by atoms with Crippen LogP contribution in [-0.4, -0.2) is 33.8 Å². The van der Waals surface area contributed by atoms with E-state index in [-0.39, 0.29) is 40.1 Å². The van der Waals surface area contributed by atoms with Gasteiger partial charge in [0.15, 0.2) is 0 Å². The number of anilines is 1. The fourth-order valence-electron chi connectivity index (χ4n) is 3.88. The molecule has 4 rings (SSSR count). The van der Waals surface area contributed by atoms with Gasteiger partial charge in [0, 0.05) is 23.8 Å². The molecule has 0 radical (unpaired) electrons. The van der Waals surface area contributed by atoms with Crippen molar-refractivity contribution in [3.8, 4) is 22.8 Å². The van der Waals surface area contributed by atoms with Gasteiger partial charge in [-0.1, -0.05) is 5.16 Å². The molecule has 6 nitrogen and oxygen atoms in total. The molecule has 2 heterocycles. The summed E-state index contributed by atoms with van der Waals surface area (Å²) in [5.74, 6) is -2.59. The Kier molecular flexibility index (Phi) is 5.62. The first-order chi connectivity index (χ1) is 15.1. The van der Waals surface area contributed by atoms with E-state index in [1.807, 2.05) is 6.92 Å². The minimum atomic E-state index is -4.59. The molecule has 1 fully saturated rings. The number of carboxylic acids is 1. The Labute approximate surface area is 180 Å². The van der Waals surface area contributed by atoms with Crippen LogP contribution in [0.3, 0.4) is 0 Å². The van der Waals surface area contributed by atoms with Crippen LogP contribution in [0.25, 0.3) is 22.8 Å². The summed E-state index contributed by atoms with van der Waals surface area (Å²) in [6.45, 7) is 2.45. The molecule has 3 aromatic rings. The summed E-state index contributed by atoms with van der Waals surface area (Å²) < 4.78 is 61.0. The van der Waals surface area contributed by atoms with E-state index in [4.69, 9.17) is 9.63 Å². The first kappa shape index (κ1) is 21.8. The first-order valence-corrected chi connectivity index (χ1v) is 10.0. The van der Waals surface area contributed by atoms with Crippen molar-refractivity contribution >= 4 is 11.7 Å². The summed E-state index contributed by atoms with van der Waals surface area (Å²) in [5, 5.41) is 12.6. The number of aromatic nitrogens is 2. The molecule has 1 aliphatic rings. The molecular formula is C22H19F4N3O3. The Balaban J connectivity index is 1.71. The molecule has 0 amide bonds. The molecular weight excluding hydrogens is 430 g/mol. The average Bonchev–Trinajstić information content (AvgIpc) is 3.23. The largest absolute Gasteiger partial charge is 0.478 e. The highest BCUT2D eigenvalue weighted by molar-refractivity contribution is 5.88. The van der Waals surface area contributed by atoms with E-state index >= 15 is 0 Å². The van der Waals surface area contributed by atoms with Crippen molar-refractivity contribution in [2.24, 2.45) is 0 Å². The lowest BCUT2D eigenvalue weighted by atomic mass is 9.99. The van der Waals surface area contributed by atoms with Crippen LogP contribution < -0.4 is 4.90 Å². The smallest absolute Gasteiger partial charge is 0.418 e. The second-order valence-electron chi connectivity index (χ2n) is 7.69. The molecule has 0 spiro atoms. The number of aromatic carboxylic acids is 1. The molecule has 2 aromatic carbocycles. The number of benzene rings is 2. The minimum absolute atomic E-state index is 0.0116. The summed E-state index contributed by atoms with van der Waals surface area (Å²) in [4.78, 5) is 16.7. The van der Waals surface area contributed by atoms with E-state index in [9.17, 15) is 22.4 Å². The first-order valence-electron chi connectivity index (χ1n) is 10.0. The maximum atomic E-state index is 14.3. The third-order valence-electron chi connectivity index (χ3n) is 5.54. The van der Waals surface area contributed by atoms with Crippen molar-refractivity contribution in [1.82, 2.24) is 10.1 Å². The summed E-state index contributed by atoms with van der Waals surface area (Å²) in [6, 6.07) is 6.96. The van der Waals surface area contributed by atoms with Crippen LogP contribution in [0.15, 0.2) is 40.9 Å². The minimum Gasteiger partial charge on any atom is -0.478 e. The highest BCUT2D eigenvalue weighted by atomic mass is 19.4. The van der Waals surface area contributed by atoms with Gasteiger partial charge in [-0.2, -0.15) is 18.2 Å². The number of carbonyl (C=O) groups is 1. The molecule has 1 unspecified atom stereocenters. The predicted octanol–water partition coefficient (Wildman–Crippen LogP) is 5.64. The zero-order chi connectivity index (χ0) is 23.0. The van der Waals surface area contributed by atoms with Gasteiger partial charge >= 0.3 is 12.1 Å². The van der Waals surface area contributed by atoms with Crippen LogP contribution in [0.4, 0.5) is 23.2 Å². The van der Waals surface area contributed by atoms with E-state index in [0.717, 1.165) is 31.4 Å². The van der Waals surface area contributed by atoms with Gasteiger partial charge in [-0.3, -0.25) is 0 Å². The Morgan fingerprint density at radius 3 is 2.62 bits per heavy atom. The standard InChI is InChI=1S/C22H19F4N3O3/c1-12-4-2-3-9-29(12)18-8-6-13(10-16(18)22(24,25)26)20-27-19(28-32-20)15-7-5-14(21(30)31)11-17(15)23/h5-8,10-12H,2-4,9H2,1H3,(H,30,31). The van der Waals surface area contributed by atoms with E-state index < -0.39 is 23.5 Å². The van der Waals surface area contributed by atoms with Crippen LogP contribution >= 0.6 is 0 Å². The Hall–Kier alpha value is -3.43. The summed E-state index contributed by atoms with van der Waals surface area (Å²) in [5.41, 5.74) is -1.04. The van der Waals surface area contributed by atoms with Gasteiger partial charge in [-0.25, -0.2) is 9.18 Å². The van der Waals surface area contributed by atoms with Gasteiger partial charge in [0.1, 0.15) is 5.82 Å². The molecule has 32 heavy (non-hydrogen) atoms. The number of hydrogen-bond acceptors (Lipinski definition) is 5. The zero-order valence-corrected chi connectivity index (χ0v) is 17.0. The lowest BCUT2D eigenvalue weighted by molar-refractivity contribution is -0.137. The Morgan fingerprint density at radius 1 is 1.19 bits per heavy atom. The Bertz CT molecular complexity index is 1160. The number of piperidine rings is 1. The summed E-state index contributed by atoms with van der Waals surface area (Å²) >= 11 is 0. The molecule has 10 heteroatoms. The van der Waals surface area contributed by atoms with Crippen molar-refractivity contribution < 1.29 is 32.0 Å². The molecule has 0 saturated carbocycles. The fraction of sp³-hybridized carbons (Fsp3) is 0.318. The normalized spacial score (nSPS) is 16.9. The number of nitrogens with zero attached hydrogens (tertiary/aromatic N) is 3. The molecule has 168 valence electrons. The quantitative estimate of drug-likeness (QED) is 0.520. The van der Waals surface area contributed by atoms with Gasteiger partial charge in [-0.15, -0.1) is 0 Å². The number of rotatable bonds is 4. The number of hydrogen-bond donors (Lipinski definition) is 1. The molecule has 1 aromatic heterocycles. The van der Waals surface area contributed by atoms with Gasteiger partial charge in [0.2, 0.25) is 5.82 Å². The third-order valence-corrected chi connectivity index (χ3v) is 5.54. The van der Waals surface area contributed by atoms with E-state index in [1.54, 1.807) is 4.90 Å². The van der Waals surface area contributed by atoms with Crippen molar-refractivity contribution in [3.05, 3.63) is 53.3 Å². The second-order valence-corrected chi connectivity index (χ2v) is 7.69. The van der Waals surface area contributed by atoms with E-state index in [1.165, 1.54) is 24.3 Å². The summed E-state index contributed by atoms with van der Waals surface area (Å²) in [7, 11) is 0. The lowest BCUT2D eigenvalue weighted by Crippen LogP contribution is -2.38. The van der Waals surface area contributed by atoms with Gasteiger partial charge < -0.3 is 14.5 Å². The Morgan fingerprint density at radius 2 is 1.97 bits per heavy atom. The molecule has 1 saturated heterocycles. The second kappa shape index (κ2) is 8.25. The van der Waals surface area contributed by atoms with E-state index in [0.29, 0.717) is 6.54 Å². The van der Waals surface area contributed by atoms with Crippen LogP contribution in [-0.2, 0) is 6.18 Å². The molecule has 1 aliphatic heterocycles. The molecule has 0 aliphatic carbocycles. The van der Waals surface area contributed by atoms with Crippen LogP contribution in [0.5, 0.6) is 0 Å². The molecule has 0 bridgehead atoms. The average molecular weight is 449 g/mol. The molecule has 1 atom stereocenters. The monoisotopic (exact) mass is 449 g/mol. The summed E-state index contributed by atoms with van der Waals surface area (Å²) in [6.07, 6.45) is -1.98. The van der Waals surface area contributed by atoms with Crippen molar-refractivity contribution in [2.75, 3.05) is 11.4 Å². The maximum absolute atomic E-state index is 14.3. The van der Waals surface area contributed by atoms with Crippen molar-refractivity contribution in [1.29, 1.82) is 0 Å². The van der Waals surface area contributed by atoms with E-state index in [2.05, 4.69) is 10.1 Å². The SMILES string of the molecule is CC1CCCCN1c1ccc(-c2nc(-c3ccc(C(=O)O)cc3F)no2)cc1C(F)(F)F. The number of alkyl halides is 3. The highest BCUT2D eigenvalue weighted by Crippen LogP contribution is 2.41. The maximum Gasteiger partial charge on any atom is 0.418 e. The van der Waals surface area contributed by atoms with Gasteiger partial charge in [-0.05, 0) is 62.6 Å².